The van der Waals surface area contributed by atoms with Crippen LogP contribution in [0.2, 0.25) is 0 Å². The van der Waals surface area contributed by atoms with Crippen molar-refractivity contribution in [1.29, 1.82) is 0 Å². The summed E-state index contributed by atoms with van der Waals surface area (Å²) >= 11 is 0. The average molecular weight is 254 g/mol. The van der Waals surface area contributed by atoms with Crippen molar-refractivity contribution in [2.24, 2.45) is 0 Å². The van der Waals surface area contributed by atoms with E-state index in [1.165, 1.54) is 23.4 Å². The first-order chi connectivity index (χ1) is 9.25. The number of carboxylic acid groups (broad SMARTS) is 1. The van der Waals surface area contributed by atoms with Gasteiger partial charge in [0.05, 0.1) is 17.4 Å². The number of nitrogens with zero attached hydrogens (tertiary/aromatic N) is 1. The van der Waals surface area contributed by atoms with Crippen LogP contribution in [-0.2, 0) is 6.42 Å². The molecule has 96 valence electrons. The van der Waals surface area contributed by atoms with Gasteiger partial charge in [0.2, 0.25) is 0 Å². The van der Waals surface area contributed by atoms with E-state index in [0.717, 1.165) is 13.0 Å². The van der Waals surface area contributed by atoms with E-state index in [2.05, 4.69) is 22.4 Å². The van der Waals surface area contributed by atoms with Crippen LogP contribution in [0.1, 0.15) is 27.4 Å². The molecule has 0 fully saturated rings. The number of pyridine rings is 1. The zero-order chi connectivity index (χ0) is 13.2. The minimum Gasteiger partial charge on any atom is -0.478 e. The zero-order valence-electron chi connectivity index (χ0n) is 10.3. The number of fused-ring (bicyclic) bond motifs is 1. The van der Waals surface area contributed by atoms with Gasteiger partial charge in [-0.15, -0.1) is 0 Å². The Morgan fingerprint density at radius 1 is 1.37 bits per heavy atom. The van der Waals surface area contributed by atoms with Crippen LogP contribution in [0.15, 0.2) is 42.7 Å². The Morgan fingerprint density at radius 2 is 2.21 bits per heavy atom. The maximum atomic E-state index is 11.1. The third-order valence-electron chi connectivity index (χ3n) is 3.55. The number of carboxylic acids is 1. The van der Waals surface area contributed by atoms with Crippen molar-refractivity contribution in [2.75, 3.05) is 11.9 Å². The number of anilines is 1. The van der Waals surface area contributed by atoms with Crippen molar-refractivity contribution in [3.63, 3.8) is 0 Å². The lowest BCUT2D eigenvalue weighted by molar-refractivity contribution is 0.0698. The number of hydrogen-bond donors (Lipinski definition) is 2. The molecule has 1 aliphatic carbocycles. The zero-order valence-corrected chi connectivity index (χ0v) is 10.3. The van der Waals surface area contributed by atoms with Gasteiger partial charge in [0.1, 0.15) is 0 Å². The van der Waals surface area contributed by atoms with Crippen molar-refractivity contribution >= 4 is 11.7 Å². The van der Waals surface area contributed by atoms with E-state index < -0.39 is 5.97 Å². The van der Waals surface area contributed by atoms with E-state index in [1.807, 2.05) is 12.1 Å². The van der Waals surface area contributed by atoms with Gasteiger partial charge in [-0.3, -0.25) is 4.98 Å². The summed E-state index contributed by atoms with van der Waals surface area (Å²) < 4.78 is 0. The number of carbonyl (C=O) groups is 1. The Bertz CT molecular complexity index is 625. The van der Waals surface area contributed by atoms with Gasteiger partial charge in [0, 0.05) is 18.7 Å². The molecule has 19 heavy (non-hydrogen) atoms. The Balaban J connectivity index is 1.70. The topological polar surface area (TPSA) is 62.2 Å². The molecule has 0 aliphatic heterocycles. The molecule has 2 N–H and O–H groups in total. The molecule has 1 unspecified atom stereocenters. The fourth-order valence-corrected chi connectivity index (χ4v) is 2.50. The normalized spacial score (nSPS) is 16.3. The average Bonchev–Trinajstić information content (AvgIpc) is 2.40. The Hall–Kier alpha value is -2.36. The molecule has 3 rings (SSSR count). The van der Waals surface area contributed by atoms with Crippen LogP contribution >= 0.6 is 0 Å². The minimum absolute atomic E-state index is 0.266. The highest BCUT2D eigenvalue weighted by atomic mass is 16.4. The monoisotopic (exact) mass is 254 g/mol. The summed E-state index contributed by atoms with van der Waals surface area (Å²) in [6.07, 6.45) is 4.10. The molecule has 0 spiro atoms. The van der Waals surface area contributed by atoms with Crippen molar-refractivity contribution in [1.82, 2.24) is 4.98 Å². The molecular weight excluding hydrogens is 240 g/mol. The van der Waals surface area contributed by atoms with Crippen LogP contribution in [0.4, 0.5) is 5.69 Å². The Kier molecular flexibility index (Phi) is 2.91. The van der Waals surface area contributed by atoms with E-state index in [1.54, 1.807) is 6.20 Å². The van der Waals surface area contributed by atoms with Crippen molar-refractivity contribution in [2.45, 2.75) is 12.3 Å². The number of rotatable bonds is 4. The predicted molar refractivity (Wildman–Crippen MR) is 72.6 cm³/mol. The van der Waals surface area contributed by atoms with Gasteiger partial charge in [0.25, 0.3) is 0 Å². The minimum atomic E-state index is -0.932. The number of hydrogen-bond acceptors (Lipinski definition) is 3. The lowest BCUT2D eigenvalue weighted by Crippen LogP contribution is -2.24. The quantitative estimate of drug-likeness (QED) is 0.880. The van der Waals surface area contributed by atoms with Crippen molar-refractivity contribution < 1.29 is 9.90 Å². The van der Waals surface area contributed by atoms with E-state index in [0.29, 0.717) is 11.6 Å². The smallest absolute Gasteiger partial charge is 0.337 e. The molecule has 0 radical (unpaired) electrons. The highest BCUT2D eigenvalue weighted by molar-refractivity contribution is 5.93. The van der Waals surface area contributed by atoms with Gasteiger partial charge in [0.15, 0.2) is 0 Å². The van der Waals surface area contributed by atoms with Crippen LogP contribution in [0, 0.1) is 0 Å². The summed E-state index contributed by atoms with van der Waals surface area (Å²) in [7, 11) is 0. The largest absolute Gasteiger partial charge is 0.478 e. The second-order valence-corrected chi connectivity index (χ2v) is 4.71. The maximum Gasteiger partial charge on any atom is 0.337 e. The van der Waals surface area contributed by atoms with Gasteiger partial charge >= 0.3 is 5.97 Å². The maximum absolute atomic E-state index is 11.1. The molecule has 1 atom stereocenters. The van der Waals surface area contributed by atoms with E-state index in [4.69, 9.17) is 5.11 Å². The first kappa shape index (κ1) is 11.7. The lowest BCUT2D eigenvalue weighted by Gasteiger charge is -2.30. The number of benzene rings is 1. The van der Waals surface area contributed by atoms with E-state index >= 15 is 0 Å². The predicted octanol–water partition coefficient (Wildman–Crippen LogP) is 2.53. The summed E-state index contributed by atoms with van der Waals surface area (Å²) in [5.74, 6) is -0.475. The van der Waals surface area contributed by atoms with Crippen LogP contribution in [0.3, 0.4) is 0 Å². The fourth-order valence-electron chi connectivity index (χ4n) is 2.50. The van der Waals surface area contributed by atoms with Crippen LogP contribution in [0.5, 0.6) is 0 Å². The molecule has 0 bridgehead atoms. The molecular formula is C15H14N2O2. The SMILES string of the molecule is O=C(O)c1ccncc1NCC1Cc2ccccc21. The molecule has 0 saturated carbocycles. The van der Waals surface area contributed by atoms with Crippen LogP contribution < -0.4 is 5.32 Å². The Labute approximate surface area is 111 Å². The van der Waals surface area contributed by atoms with Gasteiger partial charge in [-0.2, -0.15) is 0 Å². The molecule has 1 aromatic heterocycles. The summed E-state index contributed by atoms with van der Waals surface area (Å²) in [4.78, 5) is 15.0. The van der Waals surface area contributed by atoms with Gasteiger partial charge in [-0.05, 0) is 23.6 Å². The molecule has 2 aromatic rings. The van der Waals surface area contributed by atoms with Crippen LogP contribution in [-0.4, -0.2) is 22.6 Å². The molecule has 1 aliphatic rings. The van der Waals surface area contributed by atoms with Gasteiger partial charge in [-0.1, -0.05) is 24.3 Å². The van der Waals surface area contributed by atoms with Crippen molar-refractivity contribution in [3.8, 4) is 0 Å². The molecule has 4 heteroatoms. The third kappa shape index (κ3) is 2.17. The summed E-state index contributed by atoms with van der Waals surface area (Å²) in [5.41, 5.74) is 3.59. The van der Waals surface area contributed by atoms with E-state index in [9.17, 15) is 4.79 Å². The second kappa shape index (κ2) is 4.72. The number of aromatic nitrogens is 1. The molecule has 4 nitrogen and oxygen atoms in total. The highest BCUT2D eigenvalue weighted by Crippen LogP contribution is 2.34. The number of aromatic carboxylic acids is 1. The van der Waals surface area contributed by atoms with Crippen molar-refractivity contribution in [3.05, 3.63) is 59.4 Å². The van der Waals surface area contributed by atoms with Gasteiger partial charge < -0.3 is 10.4 Å². The van der Waals surface area contributed by atoms with Gasteiger partial charge in [-0.25, -0.2) is 4.79 Å². The molecule has 0 saturated heterocycles. The highest BCUT2D eigenvalue weighted by Gasteiger charge is 2.25. The first-order valence-electron chi connectivity index (χ1n) is 6.24. The summed E-state index contributed by atoms with van der Waals surface area (Å²) in [5, 5.41) is 12.3. The Morgan fingerprint density at radius 3 is 3.00 bits per heavy atom. The third-order valence-corrected chi connectivity index (χ3v) is 3.55. The molecule has 0 amide bonds. The van der Waals surface area contributed by atoms with E-state index in [-0.39, 0.29) is 5.56 Å². The summed E-state index contributed by atoms with van der Waals surface area (Å²) in [6.45, 7) is 0.739. The molecule has 1 heterocycles. The van der Waals surface area contributed by atoms with Crippen LogP contribution in [0.25, 0.3) is 0 Å². The first-order valence-corrected chi connectivity index (χ1v) is 6.24. The number of nitrogens with one attached hydrogen (secondary N) is 1. The lowest BCUT2D eigenvalue weighted by atomic mass is 9.77. The summed E-state index contributed by atoms with van der Waals surface area (Å²) in [6, 6.07) is 9.87. The fraction of sp³-hybridized carbons (Fsp3) is 0.200. The standard InChI is InChI=1S/C15H14N2O2/c18-15(19)13-5-6-16-9-14(13)17-8-11-7-10-3-1-2-4-12(10)11/h1-6,9,11,17H,7-8H2,(H,18,19). The second-order valence-electron chi connectivity index (χ2n) is 4.71. The molecule has 1 aromatic carbocycles.